The zero-order valence-corrected chi connectivity index (χ0v) is 23.8. The van der Waals surface area contributed by atoms with Crippen LogP contribution < -0.4 is 9.62 Å². The lowest BCUT2D eigenvalue weighted by molar-refractivity contribution is -0.140. The van der Waals surface area contributed by atoms with E-state index in [0.717, 1.165) is 4.31 Å². The van der Waals surface area contributed by atoms with Gasteiger partial charge in [0.2, 0.25) is 11.8 Å². The SMILES string of the molecule is CC[C@H](C(=O)N[C@@H](C)CC)N(Cc1ccc(F)cc1)C(=O)CN(c1ccc(Cl)cc1)S(=O)(=O)c1ccccc1. The number of hydrogen-bond donors (Lipinski definition) is 1. The van der Waals surface area contributed by atoms with Crippen LogP contribution in [0.15, 0.2) is 83.8 Å². The quantitative estimate of drug-likeness (QED) is 0.314. The summed E-state index contributed by atoms with van der Waals surface area (Å²) >= 11 is 6.04. The molecular weight excluding hydrogens is 541 g/mol. The maximum Gasteiger partial charge on any atom is 0.264 e. The normalized spacial score (nSPS) is 12.8. The standard InChI is InChI=1S/C29H33ClFN3O4S/c1-4-21(3)32-29(36)27(5-2)33(19-22-11-15-24(31)16-12-22)28(35)20-34(25-17-13-23(30)14-18-25)39(37,38)26-9-7-6-8-10-26/h6-18,21,27H,4-5,19-20H2,1-3H3,(H,32,36)/t21-,27+/m0/s1. The molecule has 7 nitrogen and oxygen atoms in total. The monoisotopic (exact) mass is 573 g/mol. The van der Waals surface area contributed by atoms with Gasteiger partial charge >= 0.3 is 0 Å². The Bertz CT molecular complexity index is 1350. The van der Waals surface area contributed by atoms with Gasteiger partial charge in [-0.3, -0.25) is 13.9 Å². The zero-order chi connectivity index (χ0) is 28.6. The van der Waals surface area contributed by atoms with Gasteiger partial charge in [-0.2, -0.15) is 0 Å². The Kier molecular flexibility index (Phi) is 10.5. The van der Waals surface area contributed by atoms with E-state index in [1.165, 1.54) is 53.4 Å². The van der Waals surface area contributed by atoms with Crippen molar-refractivity contribution in [1.29, 1.82) is 0 Å². The minimum Gasteiger partial charge on any atom is -0.352 e. The van der Waals surface area contributed by atoms with Crippen molar-refractivity contribution in [2.45, 2.75) is 57.1 Å². The first-order chi connectivity index (χ1) is 18.6. The Balaban J connectivity index is 2.03. The van der Waals surface area contributed by atoms with E-state index >= 15 is 0 Å². The molecule has 3 rings (SSSR count). The van der Waals surface area contributed by atoms with Crippen LogP contribution >= 0.6 is 11.6 Å². The van der Waals surface area contributed by atoms with Crippen LogP contribution in [0.3, 0.4) is 0 Å². The van der Waals surface area contributed by atoms with Crippen molar-refractivity contribution in [3.63, 3.8) is 0 Å². The van der Waals surface area contributed by atoms with Crippen molar-refractivity contribution in [3.05, 3.63) is 95.3 Å². The number of sulfonamides is 1. The third kappa shape index (κ3) is 7.80. The topological polar surface area (TPSA) is 86.8 Å². The lowest BCUT2D eigenvalue weighted by atomic mass is 10.1. The molecule has 2 amide bonds. The number of hydrogen-bond acceptors (Lipinski definition) is 4. The van der Waals surface area contributed by atoms with Crippen LogP contribution in [0.5, 0.6) is 0 Å². The summed E-state index contributed by atoms with van der Waals surface area (Å²) in [5, 5.41) is 3.33. The molecule has 0 heterocycles. The summed E-state index contributed by atoms with van der Waals surface area (Å²) in [6.45, 7) is 5.01. The molecule has 208 valence electrons. The van der Waals surface area contributed by atoms with Crippen molar-refractivity contribution in [3.8, 4) is 0 Å². The Labute approximate surface area is 234 Å². The molecule has 3 aromatic carbocycles. The third-order valence-electron chi connectivity index (χ3n) is 6.38. The summed E-state index contributed by atoms with van der Waals surface area (Å²) in [5.74, 6) is -1.35. The predicted molar refractivity (Wildman–Crippen MR) is 151 cm³/mol. The number of carbonyl (C=O) groups excluding carboxylic acids is 2. The number of benzene rings is 3. The third-order valence-corrected chi connectivity index (χ3v) is 8.42. The molecule has 0 spiro atoms. The first-order valence-electron chi connectivity index (χ1n) is 12.7. The molecule has 0 radical (unpaired) electrons. The summed E-state index contributed by atoms with van der Waals surface area (Å²) in [7, 11) is -4.16. The molecule has 0 aliphatic rings. The van der Waals surface area contributed by atoms with Gasteiger partial charge in [-0.25, -0.2) is 12.8 Å². The van der Waals surface area contributed by atoms with Gasteiger partial charge in [0.1, 0.15) is 18.4 Å². The fraction of sp³-hybridized carbons (Fsp3) is 0.310. The highest BCUT2D eigenvalue weighted by molar-refractivity contribution is 7.92. The number of anilines is 1. The van der Waals surface area contributed by atoms with Crippen LogP contribution in [-0.2, 0) is 26.2 Å². The minimum absolute atomic E-state index is 0.00854. The van der Waals surface area contributed by atoms with Gasteiger partial charge in [0.05, 0.1) is 10.6 Å². The number of carbonyl (C=O) groups is 2. The number of amides is 2. The van der Waals surface area contributed by atoms with Crippen LogP contribution in [0.1, 0.15) is 39.2 Å². The molecule has 0 saturated heterocycles. The predicted octanol–water partition coefficient (Wildman–Crippen LogP) is 5.40. The van der Waals surface area contributed by atoms with Crippen LogP contribution in [0.4, 0.5) is 10.1 Å². The number of nitrogens with one attached hydrogen (secondary N) is 1. The van der Waals surface area contributed by atoms with Gasteiger partial charge in [-0.15, -0.1) is 0 Å². The zero-order valence-electron chi connectivity index (χ0n) is 22.2. The van der Waals surface area contributed by atoms with Crippen molar-refractivity contribution < 1.29 is 22.4 Å². The molecule has 2 atom stereocenters. The first-order valence-corrected chi connectivity index (χ1v) is 14.6. The fourth-order valence-electron chi connectivity index (χ4n) is 4.00. The lowest BCUT2D eigenvalue weighted by Gasteiger charge is -2.33. The molecule has 39 heavy (non-hydrogen) atoms. The fourth-order valence-corrected chi connectivity index (χ4v) is 5.56. The molecule has 10 heteroatoms. The summed E-state index contributed by atoms with van der Waals surface area (Å²) in [6.07, 6.45) is 0.995. The van der Waals surface area contributed by atoms with Crippen LogP contribution in [-0.4, -0.2) is 43.8 Å². The van der Waals surface area contributed by atoms with Crippen LogP contribution in [0.25, 0.3) is 0 Å². The molecule has 0 saturated carbocycles. The van der Waals surface area contributed by atoms with Crippen molar-refractivity contribution >= 4 is 39.1 Å². The lowest BCUT2D eigenvalue weighted by Crippen LogP contribution is -2.53. The molecular formula is C29H33ClFN3O4S. The second-order valence-electron chi connectivity index (χ2n) is 9.19. The average molecular weight is 574 g/mol. The highest BCUT2D eigenvalue weighted by Crippen LogP contribution is 2.26. The van der Waals surface area contributed by atoms with E-state index in [0.29, 0.717) is 23.4 Å². The molecule has 3 aromatic rings. The van der Waals surface area contributed by atoms with Gasteiger partial charge < -0.3 is 10.2 Å². The summed E-state index contributed by atoms with van der Waals surface area (Å²) in [5.41, 5.74) is 0.846. The molecule has 0 aliphatic heterocycles. The maximum absolute atomic E-state index is 13.9. The van der Waals surface area contributed by atoms with E-state index in [1.807, 2.05) is 13.8 Å². The highest BCUT2D eigenvalue weighted by Gasteiger charge is 2.33. The van der Waals surface area contributed by atoms with E-state index < -0.39 is 34.3 Å². The molecule has 1 N–H and O–H groups in total. The Morgan fingerprint density at radius 2 is 1.54 bits per heavy atom. The van der Waals surface area contributed by atoms with E-state index in [1.54, 1.807) is 37.3 Å². The number of nitrogens with zero attached hydrogens (tertiary/aromatic N) is 2. The summed E-state index contributed by atoms with van der Waals surface area (Å²) in [6, 6.07) is 18.6. The summed E-state index contributed by atoms with van der Waals surface area (Å²) < 4.78 is 42.0. The minimum atomic E-state index is -4.16. The van der Waals surface area contributed by atoms with Gasteiger partial charge in [0.25, 0.3) is 10.0 Å². The Hall–Kier alpha value is -3.43. The number of halogens is 2. The molecule has 0 aromatic heterocycles. The largest absolute Gasteiger partial charge is 0.352 e. The van der Waals surface area contributed by atoms with Gasteiger partial charge in [-0.05, 0) is 73.9 Å². The maximum atomic E-state index is 13.9. The first kappa shape index (κ1) is 30.1. The van der Waals surface area contributed by atoms with E-state index in [4.69, 9.17) is 11.6 Å². The molecule has 0 fully saturated rings. The van der Waals surface area contributed by atoms with Crippen LogP contribution in [0.2, 0.25) is 5.02 Å². The van der Waals surface area contributed by atoms with Gasteiger partial charge in [0, 0.05) is 17.6 Å². The van der Waals surface area contributed by atoms with E-state index in [-0.39, 0.29) is 29.1 Å². The van der Waals surface area contributed by atoms with E-state index in [2.05, 4.69) is 5.32 Å². The van der Waals surface area contributed by atoms with Crippen molar-refractivity contribution in [1.82, 2.24) is 10.2 Å². The second-order valence-corrected chi connectivity index (χ2v) is 11.5. The Morgan fingerprint density at radius 1 is 0.923 bits per heavy atom. The van der Waals surface area contributed by atoms with E-state index in [9.17, 15) is 22.4 Å². The number of rotatable bonds is 12. The Morgan fingerprint density at radius 3 is 2.10 bits per heavy atom. The summed E-state index contributed by atoms with van der Waals surface area (Å²) in [4.78, 5) is 28.5. The second kappa shape index (κ2) is 13.6. The molecule has 0 bridgehead atoms. The molecule has 0 aliphatic carbocycles. The van der Waals surface area contributed by atoms with Gasteiger partial charge in [-0.1, -0.05) is 55.8 Å². The van der Waals surface area contributed by atoms with Crippen molar-refractivity contribution in [2.24, 2.45) is 0 Å². The van der Waals surface area contributed by atoms with Crippen LogP contribution in [0, 0.1) is 5.82 Å². The smallest absolute Gasteiger partial charge is 0.264 e. The van der Waals surface area contributed by atoms with Crippen molar-refractivity contribution in [2.75, 3.05) is 10.8 Å². The average Bonchev–Trinajstić information content (AvgIpc) is 2.93. The highest BCUT2D eigenvalue weighted by atomic mass is 35.5. The molecule has 0 unspecified atom stereocenters. The van der Waals surface area contributed by atoms with Gasteiger partial charge in [0.15, 0.2) is 0 Å².